The molecule has 1 aromatic rings. The van der Waals surface area contributed by atoms with E-state index in [2.05, 4.69) is 18.2 Å². The molecule has 1 nitrogen and oxygen atoms in total. The van der Waals surface area contributed by atoms with Gasteiger partial charge in [-0.05, 0) is 92.7 Å². The van der Waals surface area contributed by atoms with Crippen LogP contribution in [0.4, 0.5) is 4.39 Å². The Kier molecular flexibility index (Phi) is 7.30. The van der Waals surface area contributed by atoms with Crippen molar-refractivity contribution in [3.8, 4) is 6.07 Å². The molecule has 0 radical (unpaired) electrons. The maximum Gasteiger partial charge on any atom is 0.0991 e. The number of benzene rings is 1. The molecule has 26 heavy (non-hydrogen) atoms. The van der Waals surface area contributed by atoms with Gasteiger partial charge in [0.1, 0.15) is 0 Å². The SMILES string of the molecule is N#Cc1ccc([C@H]2CC[C@H]([C@H]3CC[C@H](CCCC=CF)CC3)CC2)cc1. The van der Waals surface area contributed by atoms with Gasteiger partial charge in [0, 0.05) is 0 Å². The zero-order valence-electron chi connectivity index (χ0n) is 15.9. The van der Waals surface area contributed by atoms with Gasteiger partial charge in [-0.1, -0.05) is 37.5 Å². The number of hydrogen-bond acceptors (Lipinski definition) is 1. The first kappa shape index (κ1) is 19.2. The van der Waals surface area contributed by atoms with Crippen LogP contribution in [-0.4, -0.2) is 0 Å². The molecule has 3 rings (SSSR count). The van der Waals surface area contributed by atoms with Crippen LogP contribution in [0.5, 0.6) is 0 Å². The van der Waals surface area contributed by atoms with Crippen molar-refractivity contribution in [3.05, 3.63) is 47.8 Å². The van der Waals surface area contributed by atoms with Crippen LogP contribution < -0.4 is 0 Å². The first-order valence-corrected chi connectivity index (χ1v) is 10.6. The average Bonchev–Trinajstić information content (AvgIpc) is 2.72. The summed E-state index contributed by atoms with van der Waals surface area (Å²) in [7, 11) is 0. The van der Waals surface area contributed by atoms with E-state index in [9.17, 15) is 4.39 Å². The van der Waals surface area contributed by atoms with Gasteiger partial charge >= 0.3 is 0 Å². The Labute approximate surface area is 158 Å². The zero-order valence-corrected chi connectivity index (χ0v) is 15.9. The molecule has 0 bridgehead atoms. The normalized spacial score (nSPS) is 29.5. The van der Waals surface area contributed by atoms with E-state index in [1.54, 1.807) is 6.08 Å². The minimum atomic E-state index is 0.686. The highest BCUT2D eigenvalue weighted by molar-refractivity contribution is 5.33. The Balaban J connectivity index is 1.39. The van der Waals surface area contributed by atoms with Crippen LogP contribution >= 0.6 is 0 Å². The standard InChI is InChI=1S/C24H32FN/c25-17-3-1-2-4-19-5-9-21(10-6-19)23-13-15-24(16-14-23)22-11-7-20(18-26)8-12-22/h3,7-8,11-12,17,19,21,23-24H,1-2,4-6,9-10,13-16H2/t19-,21-,23-,24-. The molecule has 140 valence electrons. The summed E-state index contributed by atoms with van der Waals surface area (Å²) in [5, 5.41) is 8.94. The summed E-state index contributed by atoms with van der Waals surface area (Å²) in [5.41, 5.74) is 2.19. The lowest BCUT2D eigenvalue weighted by molar-refractivity contribution is 0.156. The molecule has 0 aromatic heterocycles. The van der Waals surface area contributed by atoms with E-state index in [0.717, 1.165) is 36.2 Å². The summed E-state index contributed by atoms with van der Waals surface area (Å²) in [4.78, 5) is 0. The Morgan fingerprint density at radius 1 is 0.923 bits per heavy atom. The molecule has 0 aliphatic heterocycles. The number of hydrogen-bond donors (Lipinski definition) is 0. The van der Waals surface area contributed by atoms with E-state index in [-0.39, 0.29) is 0 Å². The van der Waals surface area contributed by atoms with Gasteiger partial charge in [-0.15, -0.1) is 0 Å². The maximum absolute atomic E-state index is 12.0. The van der Waals surface area contributed by atoms with E-state index in [1.807, 2.05) is 12.1 Å². The van der Waals surface area contributed by atoms with Crippen LogP contribution in [0, 0.1) is 29.1 Å². The molecule has 2 aliphatic carbocycles. The lowest BCUT2D eigenvalue weighted by Crippen LogP contribution is -2.25. The van der Waals surface area contributed by atoms with E-state index in [0.29, 0.717) is 12.2 Å². The second kappa shape index (κ2) is 9.91. The van der Waals surface area contributed by atoms with Gasteiger partial charge in [0.15, 0.2) is 0 Å². The maximum atomic E-state index is 12.0. The van der Waals surface area contributed by atoms with Crippen molar-refractivity contribution in [1.29, 1.82) is 5.26 Å². The fourth-order valence-electron chi connectivity index (χ4n) is 5.29. The lowest BCUT2D eigenvalue weighted by Gasteiger charge is -2.38. The Bertz CT molecular complexity index is 596. The quantitative estimate of drug-likeness (QED) is 0.492. The second-order valence-electron chi connectivity index (χ2n) is 8.42. The third-order valence-electron chi connectivity index (χ3n) is 6.91. The number of nitriles is 1. The Morgan fingerprint density at radius 2 is 1.54 bits per heavy atom. The largest absolute Gasteiger partial charge is 0.216 e. The molecule has 2 fully saturated rings. The Morgan fingerprint density at radius 3 is 2.12 bits per heavy atom. The minimum absolute atomic E-state index is 0.686. The number of rotatable bonds is 6. The van der Waals surface area contributed by atoms with Crippen molar-refractivity contribution in [1.82, 2.24) is 0 Å². The highest BCUT2D eigenvalue weighted by Gasteiger charge is 2.31. The summed E-state index contributed by atoms with van der Waals surface area (Å²) < 4.78 is 12.0. The van der Waals surface area contributed by atoms with Crippen molar-refractivity contribution >= 4 is 0 Å². The summed E-state index contributed by atoms with van der Waals surface area (Å²) >= 11 is 0. The molecular weight excluding hydrogens is 321 g/mol. The summed E-state index contributed by atoms with van der Waals surface area (Å²) in [6, 6.07) is 10.5. The fraction of sp³-hybridized carbons (Fsp3) is 0.625. The lowest BCUT2D eigenvalue weighted by atomic mass is 9.68. The van der Waals surface area contributed by atoms with Crippen LogP contribution in [0.1, 0.15) is 87.7 Å². The third kappa shape index (κ3) is 5.19. The molecule has 0 saturated heterocycles. The molecule has 0 spiro atoms. The van der Waals surface area contributed by atoms with Crippen molar-refractivity contribution in [2.75, 3.05) is 0 Å². The first-order valence-electron chi connectivity index (χ1n) is 10.6. The average molecular weight is 354 g/mol. The van der Waals surface area contributed by atoms with Crippen molar-refractivity contribution in [2.45, 2.75) is 76.5 Å². The molecule has 1 aromatic carbocycles. The molecule has 2 saturated carbocycles. The highest BCUT2D eigenvalue weighted by atomic mass is 19.1. The summed E-state index contributed by atoms with van der Waals surface area (Å²) in [5.74, 6) is 3.45. The highest BCUT2D eigenvalue weighted by Crippen LogP contribution is 2.44. The van der Waals surface area contributed by atoms with Gasteiger partial charge in [-0.2, -0.15) is 5.26 Å². The third-order valence-corrected chi connectivity index (χ3v) is 6.91. The predicted molar refractivity (Wildman–Crippen MR) is 105 cm³/mol. The molecule has 2 aliphatic rings. The van der Waals surface area contributed by atoms with E-state index in [1.165, 1.54) is 63.4 Å². The minimum Gasteiger partial charge on any atom is -0.216 e. The number of halogens is 1. The monoisotopic (exact) mass is 353 g/mol. The smallest absolute Gasteiger partial charge is 0.0991 e. The number of allylic oxidation sites excluding steroid dienone is 1. The van der Waals surface area contributed by atoms with Gasteiger partial charge in [0.25, 0.3) is 0 Å². The molecule has 0 unspecified atom stereocenters. The molecule has 0 amide bonds. The number of unbranched alkanes of at least 4 members (excludes halogenated alkanes) is 1. The predicted octanol–water partition coefficient (Wildman–Crippen LogP) is 7.29. The van der Waals surface area contributed by atoms with Crippen LogP contribution in [0.3, 0.4) is 0 Å². The second-order valence-corrected chi connectivity index (χ2v) is 8.42. The van der Waals surface area contributed by atoms with E-state index >= 15 is 0 Å². The van der Waals surface area contributed by atoms with Gasteiger partial charge in [0.05, 0.1) is 18.0 Å². The summed E-state index contributed by atoms with van der Waals surface area (Å²) in [6.45, 7) is 0. The van der Waals surface area contributed by atoms with E-state index in [4.69, 9.17) is 5.26 Å². The van der Waals surface area contributed by atoms with Crippen LogP contribution in [0.15, 0.2) is 36.7 Å². The molecule has 2 heteroatoms. The van der Waals surface area contributed by atoms with Crippen molar-refractivity contribution in [2.24, 2.45) is 17.8 Å². The molecule has 0 N–H and O–H groups in total. The first-order chi connectivity index (χ1) is 12.8. The fourth-order valence-corrected chi connectivity index (χ4v) is 5.29. The van der Waals surface area contributed by atoms with Crippen LogP contribution in [0.25, 0.3) is 0 Å². The van der Waals surface area contributed by atoms with Gasteiger partial charge in [-0.25, -0.2) is 4.39 Å². The van der Waals surface area contributed by atoms with Crippen molar-refractivity contribution in [3.63, 3.8) is 0 Å². The number of nitrogens with zero attached hydrogens (tertiary/aromatic N) is 1. The molecule has 0 heterocycles. The van der Waals surface area contributed by atoms with Crippen LogP contribution in [0.2, 0.25) is 0 Å². The molecular formula is C24H32FN. The topological polar surface area (TPSA) is 23.8 Å². The van der Waals surface area contributed by atoms with E-state index < -0.39 is 0 Å². The summed E-state index contributed by atoms with van der Waals surface area (Å²) in [6.07, 6.45) is 16.6. The molecule has 0 atom stereocenters. The van der Waals surface area contributed by atoms with Gasteiger partial charge in [0.2, 0.25) is 0 Å². The van der Waals surface area contributed by atoms with Gasteiger partial charge in [-0.3, -0.25) is 0 Å². The zero-order chi connectivity index (χ0) is 18.2. The Hall–Kier alpha value is -1.62. The van der Waals surface area contributed by atoms with Gasteiger partial charge < -0.3 is 0 Å². The van der Waals surface area contributed by atoms with Crippen molar-refractivity contribution < 1.29 is 4.39 Å². The van der Waals surface area contributed by atoms with Crippen LogP contribution in [-0.2, 0) is 0 Å².